The van der Waals surface area contributed by atoms with Crippen LogP contribution in [0.1, 0.15) is 20.7 Å². The van der Waals surface area contributed by atoms with Crippen molar-refractivity contribution in [3.63, 3.8) is 0 Å². The van der Waals surface area contributed by atoms with E-state index < -0.39 is 5.63 Å². The SMILES string of the molecule is O=C(Nc1ccccc1C(=O)Nc1ccc2oc(=O)ccc2c1)c1ccccc1Br. The predicted molar refractivity (Wildman–Crippen MR) is 119 cm³/mol. The molecule has 4 rings (SSSR count). The van der Waals surface area contributed by atoms with E-state index in [9.17, 15) is 14.4 Å². The van der Waals surface area contributed by atoms with Crippen LogP contribution in [0.4, 0.5) is 11.4 Å². The first-order chi connectivity index (χ1) is 14.5. The van der Waals surface area contributed by atoms with Gasteiger partial charge >= 0.3 is 5.63 Å². The van der Waals surface area contributed by atoms with Gasteiger partial charge in [0.2, 0.25) is 0 Å². The maximum absolute atomic E-state index is 12.9. The first-order valence-electron chi connectivity index (χ1n) is 9.01. The number of amides is 2. The fraction of sp³-hybridized carbons (Fsp3) is 0. The Kier molecular flexibility index (Phi) is 5.45. The van der Waals surface area contributed by atoms with Crippen LogP contribution in [0.15, 0.2) is 92.5 Å². The molecule has 0 spiro atoms. The Bertz CT molecular complexity index is 1330. The van der Waals surface area contributed by atoms with Crippen molar-refractivity contribution in [1.82, 2.24) is 0 Å². The lowest BCUT2D eigenvalue weighted by Crippen LogP contribution is -2.18. The minimum Gasteiger partial charge on any atom is -0.423 e. The Morgan fingerprint density at radius 3 is 2.27 bits per heavy atom. The molecule has 30 heavy (non-hydrogen) atoms. The Hall–Kier alpha value is -3.71. The molecule has 2 amide bonds. The van der Waals surface area contributed by atoms with Gasteiger partial charge in [0.05, 0.1) is 16.8 Å². The zero-order chi connectivity index (χ0) is 21.1. The molecule has 0 atom stereocenters. The number of carbonyl (C=O) groups is 2. The molecule has 0 unspecified atom stereocenters. The molecule has 0 saturated carbocycles. The number of nitrogens with one attached hydrogen (secondary N) is 2. The van der Waals surface area contributed by atoms with E-state index >= 15 is 0 Å². The van der Waals surface area contributed by atoms with E-state index in [1.165, 1.54) is 6.07 Å². The minimum atomic E-state index is -0.436. The summed E-state index contributed by atoms with van der Waals surface area (Å²) in [6.07, 6.45) is 0. The van der Waals surface area contributed by atoms with E-state index in [1.54, 1.807) is 66.7 Å². The summed E-state index contributed by atoms with van der Waals surface area (Å²) in [5, 5.41) is 6.28. The standard InChI is InChI=1S/C23H15BrN2O4/c24-18-7-3-1-5-16(18)22(28)26-19-8-4-2-6-17(19)23(29)25-15-10-11-20-14(13-15)9-12-21(27)30-20/h1-13H,(H,25,29)(H,26,28). The minimum absolute atomic E-state index is 0.317. The third kappa shape index (κ3) is 4.16. The van der Waals surface area contributed by atoms with Crippen molar-refractivity contribution in [2.45, 2.75) is 0 Å². The normalized spacial score (nSPS) is 10.6. The molecule has 1 heterocycles. The van der Waals surface area contributed by atoms with Gasteiger partial charge in [0.25, 0.3) is 11.8 Å². The van der Waals surface area contributed by atoms with Gasteiger partial charge in [-0.25, -0.2) is 4.79 Å². The highest BCUT2D eigenvalue weighted by atomic mass is 79.9. The topological polar surface area (TPSA) is 88.4 Å². The maximum atomic E-state index is 12.9. The van der Waals surface area contributed by atoms with Crippen molar-refractivity contribution in [2.75, 3.05) is 10.6 Å². The molecular formula is C23H15BrN2O4. The van der Waals surface area contributed by atoms with E-state index in [0.29, 0.717) is 37.9 Å². The van der Waals surface area contributed by atoms with Gasteiger partial charge in [-0.2, -0.15) is 0 Å². The number of hydrogen-bond donors (Lipinski definition) is 2. The van der Waals surface area contributed by atoms with Gasteiger partial charge in [0.1, 0.15) is 5.58 Å². The van der Waals surface area contributed by atoms with Crippen LogP contribution in [0.3, 0.4) is 0 Å². The molecule has 148 valence electrons. The zero-order valence-corrected chi connectivity index (χ0v) is 17.1. The Balaban J connectivity index is 1.58. The summed E-state index contributed by atoms with van der Waals surface area (Å²) in [7, 11) is 0. The molecule has 0 aliphatic heterocycles. The quantitative estimate of drug-likeness (QED) is 0.414. The monoisotopic (exact) mass is 462 g/mol. The number of benzene rings is 3. The van der Waals surface area contributed by atoms with Gasteiger partial charge in [-0.1, -0.05) is 24.3 Å². The molecule has 3 aromatic carbocycles. The number of para-hydroxylation sites is 1. The number of halogens is 1. The van der Waals surface area contributed by atoms with Crippen LogP contribution >= 0.6 is 15.9 Å². The van der Waals surface area contributed by atoms with Crippen molar-refractivity contribution in [2.24, 2.45) is 0 Å². The summed E-state index contributed by atoms with van der Waals surface area (Å²) >= 11 is 3.36. The summed E-state index contributed by atoms with van der Waals surface area (Å²) < 4.78 is 5.76. The molecule has 6 nitrogen and oxygen atoms in total. The van der Waals surface area contributed by atoms with E-state index in [-0.39, 0.29) is 11.8 Å². The van der Waals surface area contributed by atoms with Crippen LogP contribution < -0.4 is 16.3 Å². The number of fused-ring (bicyclic) bond motifs is 1. The van der Waals surface area contributed by atoms with Gasteiger partial charge in [-0.3, -0.25) is 9.59 Å². The smallest absolute Gasteiger partial charge is 0.336 e. The van der Waals surface area contributed by atoms with Crippen molar-refractivity contribution >= 4 is 50.1 Å². The van der Waals surface area contributed by atoms with Crippen molar-refractivity contribution in [3.05, 3.63) is 105 Å². The maximum Gasteiger partial charge on any atom is 0.336 e. The largest absolute Gasteiger partial charge is 0.423 e. The van der Waals surface area contributed by atoms with E-state index in [2.05, 4.69) is 26.6 Å². The summed E-state index contributed by atoms with van der Waals surface area (Å²) in [4.78, 5) is 36.8. The molecule has 0 fully saturated rings. The highest BCUT2D eigenvalue weighted by molar-refractivity contribution is 9.10. The van der Waals surface area contributed by atoms with Gasteiger partial charge in [-0.15, -0.1) is 0 Å². The Morgan fingerprint density at radius 1 is 0.767 bits per heavy atom. The van der Waals surface area contributed by atoms with E-state index in [4.69, 9.17) is 4.42 Å². The molecule has 0 aliphatic rings. The number of rotatable bonds is 4. The molecule has 1 aromatic heterocycles. The third-order valence-electron chi connectivity index (χ3n) is 4.42. The van der Waals surface area contributed by atoms with Gasteiger partial charge in [-0.05, 0) is 64.5 Å². The zero-order valence-electron chi connectivity index (χ0n) is 15.5. The average Bonchev–Trinajstić information content (AvgIpc) is 2.74. The van der Waals surface area contributed by atoms with Crippen molar-refractivity contribution < 1.29 is 14.0 Å². The van der Waals surface area contributed by atoms with Crippen molar-refractivity contribution in [3.8, 4) is 0 Å². The molecule has 0 bridgehead atoms. The molecule has 7 heteroatoms. The van der Waals surface area contributed by atoms with Crippen LogP contribution in [0, 0.1) is 0 Å². The van der Waals surface area contributed by atoms with Crippen LogP contribution in [-0.2, 0) is 0 Å². The highest BCUT2D eigenvalue weighted by Gasteiger charge is 2.16. The van der Waals surface area contributed by atoms with E-state index in [1.807, 2.05) is 6.07 Å². The van der Waals surface area contributed by atoms with Crippen LogP contribution in [0.5, 0.6) is 0 Å². The Morgan fingerprint density at radius 2 is 1.47 bits per heavy atom. The van der Waals surface area contributed by atoms with Crippen LogP contribution in [0.25, 0.3) is 11.0 Å². The molecule has 0 saturated heterocycles. The summed E-state index contributed by atoms with van der Waals surface area (Å²) in [6.45, 7) is 0. The Labute approximate surface area is 179 Å². The lowest BCUT2D eigenvalue weighted by Gasteiger charge is -2.12. The molecule has 0 radical (unpaired) electrons. The van der Waals surface area contributed by atoms with E-state index in [0.717, 1.165) is 0 Å². The van der Waals surface area contributed by atoms with Crippen LogP contribution in [0.2, 0.25) is 0 Å². The average molecular weight is 463 g/mol. The van der Waals surface area contributed by atoms with Gasteiger partial charge in [0, 0.05) is 21.6 Å². The summed E-state index contributed by atoms with van der Waals surface area (Å²) in [6, 6.07) is 21.7. The lowest BCUT2D eigenvalue weighted by molar-refractivity contribution is 0.102. The summed E-state index contributed by atoms with van der Waals surface area (Å²) in [5.41, 5.74) is 1.70. The first-order valence-corrected chi connectivity index (χ1v) is 9.81. The van der Waals surface area contributed by atoms with Crippen molar-refractivity contribution in [1.29, 1.82) is 0 Å². The number of hydrogen-bond acceptors (Lipinski definition) is 4. The number of anilines is 2. The second-order valence-corrected chi connectivity index (χ2v) is 7.30. The fourth-order valence-corrected chi connectivity index (χ4v) is 3.44. The van der Waals surface area contributed by atoms with Crippen LogP contribution in [-0.4, -0.2) is 11.8 Å². The lowest BCUT2D eigenvalue weighted by atomic mass is 10.1. The molecular weight excluding hydrogens is 448 g/mol. The highest BCUT2D eigenvalue weighted by Crippen LogP contribution is 2.22. The third-order valence-corrected chi connectivity index (χ3v) is 5.11. The first kappa shape index (κ1) is 19.6. The second kappa shape index (κ2) is 8.34. The fourth-order valence-electron chi connectivity index (χ4n) is 2.97. The molecule has 0 aliphatic carbocycles. The van der Waals surface area contributed by atoms with Gasteiger partial charge in [0.15, 0.2) is 0 Å². The van der Waals surface area contributed by atoms with Gasteiger partial charge < -0.3 is 15.1 Å². The predicted octanol–water partition coefficient (Wildman–Crippen LogP) is 5.06. The molecule has 2 N–H and O–H groups in total. The number of carbonyl (C=O) groups excluding carboxylic acids is 2. The second-order valence-electron chi connectivity index (χ2n) is 6.44. The molecule has 4 aromatic rings. The summed E-state index contributed by atoms with van der Waals surface area (Å²) in [5.74, 6) is -0.710.